The molecule has 256 valence electrons. The molecule has 1 aliphatic rings. The van der Waals surface area contributed by atoms with Crippen LogP contribution in [0.25, 0.3) is 0 Å². The van der Waals surface area contributed by atoms with Crippen molar-refractivity contribution >= 4 is 15.9 Å². The van der Waals surface area contributed by atoms with Crippen LogP contribution in [0.3, 0.4) is 0 Å². The van der Waals surface area contributed by atoms with Gasteiger partial charge in [0.1, 0.15) is 4.90 Å². The smallest absolute Gasteiger partial charge is 0.390 e. The van der Waals surface area contributed by atoms with Crippen LogP contribution in [0.5, 0.6) is 0 Å². The lowest BCUT2D eigenvalue weighted by Gasteiger charge is -2.40. The number of hydrogen-bond acceptors (Lipinski definition) is 6. The third-order valence-corrected chi connectivity index (χ3v) is 10.6. The quantitative estimate of drug-likeness (QED) is 0.181. The lowest BCUT2D eigenvalue weighted by Crippen LogP contribution is -2.53. The number of aromatic nitrogens is 1. The minimum atomic E-state index is -4.48. The first-order valence-electron chi connectivity index (χ1n) is 16.3. The van der Waals surface area contributed by atoms with Crippen LogP contribution in [0.4, 0.5) is 13.2 Å². The van der Waals surface area contributed by atoms with Gasteiger partial charge in [0.2, 0.25) is 10.0 Å². The number of carbonyl (C=O) groups excluding carboxylic acids is 1. The van der Waals surface area contributed by atoms with Gasteiger partial charge in [0.25, 0.3) is 5.91 Å². The molecule has 0 unspecified atom stereocenters. The Balaban J connectivity index is 1.58. The molecule has 1 aliphatic carbocycles. The van der Waals surface area contributed by atoms with E-state index in [0.29, 0.717) is 44.3 Å². The molecular weight excluding hydrogens is 629 g/mol. The number of pyridine rings is 1. The summed E-state index contributed by atoms with van der Waals surface area (Å²) in [5, 5.41) is 17.8. The number of amides is 1. The van der Waals surface area contributed by atoms with Gasteiger partial charge < -0.3 is 15.7 Å². The Morgan fingerprint density at radius 1 is 0.979 bits per heavy atom. The van der Waals surface area contributed by atoms with Gasteiger partial charge in [-0.05, 0) is 61.4 Å². The third-order valence-electron chi connectivity index (χ3n) is 8.74. The van der Waals surface area contributed by atoms with Crippen molar-refractivity contribution in [2.75, 3.05) is 19.6 Å². The van der Waals surface area contributed by atoms with Crippen LogP contribution in [-0.4, -0.2) is 60.5 Å². The van der Waals surface area contributed by atoms with Crippen LogP contribution in [0.15, 0.2) is 78.0 Å². The summed E-state index contributed by atoms with van der Waals surface area (Å²) in [6.07, 6.45) is 2.26. The molecule has 0 saturated heterocycles. The standard InChI is InChI=1S/C35H45F3N4O4S/c1-3-18-42(19-4-2)47(45,46)30-21-27(23-39-24-30)33(44)41-31(20-26-12-7-5-8-13-26)32(43)25-40-34(16-9-6-10-17-34)28-14-11-15-29(22-28)35(36,37)38/h5,7-8,11-15,21-24,31-32,40,43H,3-4,6,9-10,16-20,25H2,1-2H3,(H,41,44)/t31-,32+/m0/s1. The number of aliphatic hydroxyl groups is 1. The van der Waals surface area contributed by atoms with Crippen molar-refractivity contribution in [2.24, 2.45) is 0 Å². The van der Waals surface area contributed by atoms with Crippen LogP contribution in [0.1, 0.15) is 85.8 Å². The van der Waals surface area contributed by atoms with Gasteiger partial charge in [0.15, 0.2) is 0 Å². The Bertz CT molecular complexity index is 1560. The van der Waals surface area contributed by atoms with Crippen molar-refractivity contribution in [1.82, 2.24) is 19.9 Å². The van der Waals surface area contributed by atoms with Crippen molar-refractivity contribution < 1.29 is 31.5 Å². The largest absolute Gasteiger partial charge is 0.416 e. The highest BCUT2D eigenvalue weighted by atomic mass is 32.2. The zero-order valence-electron chi connectivity index (χ0n) is 27.0. The van der Waals surface area contributed by atoms with Crippen LogP contribution in [0.2, 0.25) is 0 Å². The number of carbonyl (C=O) groups is 1. The van der Waals surface area contributed by atoms with Gasteiger partial charge in [0.05, 0.1) is 23.3 Å². The number of alkyl halides is 3. The highest BCUT2D eigenvalue weighted by Crippen LogP contribution is 2.39. The maximum Gasteiger partial charge on any atom is 0.416 e. The molecule has 2 atom stereocenters. The highest BCUT2D eigenvalue weighted by molar-refractivity contribution is 7.89. The number of hydrogen-bond donors (Lipinski definition) is 3. The van der Waals surface area contributed by atoms with Crippen molar-refractivity contribution in [1.29, 1.82) is 0 Å². The second-order valence-corrected chi connectivity index (χ2v) is 14.2. The summed E-state index contributed by atoms with van der Waals surface area (Å²) in [4.78, 5) is 17.5. The average Bonchev–Trinajstić information content (AvgIpc) is 3.07. The molecule has 1 amide bonds. The summed E-state index contributed by atoms with van der Waals surface area (Å²) in [5.41, 5.74) is -0.0811. The van der Waals surface area contributed by atoms with E-state index in [4.69, 9.17) is 0 Å². The molecule has 0 radical (unpaired) electrons. The molecule has 2 aromatic carbocycles. The lowest BCUT2D eigenvalue weighted by atomic mass is 9.76. The molecule has 3 aromatic rings. The number of aliphatic hydroxyl groups excluding tert-OH is 1. The topological polar surface area (TPSA) is 112 Å². The fraction of sp³-hybridized carbons (Fsp3) is 0.486. The van der Waals surface area contributed by atoms with E-state index in [1.165, 1.54) is 34.9 Å². The zero-order chi connectivity index (χ0) is 34.1. The van der Waals surface area contributed by atoms with E-state index in [2.05, 4.69) is 15.6 Å². The SMILES string of the molecule is CCCN(CCC)S(=O)(=O)c1cncc(C(=O)N[C@@H](Cc2ccccc2)[C@H](O)CNC2(c3cccc(C(F)(F)F)c3)CCCCC2)c1. The van der Waals surface area contributed by atoms with Gasteiger partial charge in [-0.15, -0.1) is 0 Å². The van der Waals surface area contributed by atoms with Crippen LogP contribution in [-0.2, 0) is 28.2 Å². The maximum atomic E-state index is 13.6. The summed E-state index contributed by atoms with van der Waals surface area (Å²) >= 11 is 0. The van der Waals surface area contributed by atoms with Gasteiger partial charge in [-0.1, -0.05) is 75.6 Å². The van der Waals surface area contributed by atoms with E-state index < -0.39 is 45.4 Å². The van der Waals surface area contributed by atoms with Gasteiger partial charge >= 0.3 is 6.18 Å². The van der Waals surface area contributed by atoms with Crippen LogP contribution in [0, 0.1) is 0 Å². The van der Waals surface area contributed by atoms with Crippen molar-refractivity contribution in [3.05, 3.63) is 95.3 Å². The Hall–Kier alpha value is -3.32. The van der Waals surface area contributed by atoms with Crippen molar-refractivity contribution in [2.45, 2.75) is 94.0 Å². The lowest BCUT2D eigenvalue weighted by molar-refractivity contribution is -0.137. The summed E-state index contributed by atoms with van der Waals surface area (Å²) in [6.45, 7) is 4.47. The Morgan fingerprint density at radius 2 is 1.66 bits per heavy atom. The fourth-order valence-electron chi connectivity index (χ4n) is 6.25. The molecule has 4 rings (SSSR count). The molecule has 47 heavy (non-hydrogen) atoms. The van der Waals surface area contributed by atoms with Crippen molar-refractivity contribution in [3.63, 3.8) is 0 Å². The minimum Gasteiger partial charge on any atom is -0.390 e. The van der Waals surface area contributed by atoms with E-state index in [-0.39, 0.29) is 23.4 Å². The van der Waals surface area contributed by atoms with Crippen LogP contribution < -0.4 is 10.6 Å². The molecule has 1 saturated carbocycles. The molecule has 3 N–H and O–H groups in total. The monoisotopic (exact) mass is 674 g/mol. The number of nitrogens with one attached hydrogen (secondary N) is 2. The Kier molecular flexibility index (Phi) is 12.6. The number of nitrogens with zero attached hydrogens (tertiary/aromatic N) is 2. The predicted octanol–water partition coefficient (Wildman–Crippen LogP) is 6.06. The summed E-state index contributed by atoms with van der Waals surface area (Å²) in [6, 6.07) is 15.1. The number of halogens is 3. The summed E-state index contributed by atoms with van der Waals surface area (Å²) in [7, 11) is -3.88. The second-order valence-electron chi connectivity index (χ2n) is 12.3. The first-order chi connectivity index (χ1) is 22.4. The van der Waals surface area contributed by atoms with E-state index in [1.54, 1.807) is 6.07 Å². The summed E-state index contributed by atoms with van der Waals surface area (Å²) in [5.74, 6) is -0.600. The number of sulfonamides is 1. The number of rotatable bonds is 15. The van der Waals surface area contributed by atoms with E-state index in [0.717, 1.165) is 30.9 Å². The molecule has 8 nitrogen and oxygen atoms in total. The molecule has 12 heteroatoms. The van der Waals surface area contributed by atoms with Gasteiger partial charge in [0, 0.05) is 37.6 Å². The van der Waals surface area contributed by atoms with Crippen LogP contribution >= 0.6 is 0 Å². The third kappa shape index (κ3) is 9.40. The Morgan fingerprint density at radius 3 is 2.30 bits per heavy atom. The molecule has 1 heterocycles. The normalized spacial score (nSPS) is 16.5. The minimum absolute atomic E-state index is 0.00366. The first-order valence-corrected chi connectivity index (χ1v) is 17.7. The van der Waals surface area contributed by atoms with Gasteiger partial charge in [-0.25, -0.2) is 8.42 Å². The zero-order valence-corrected chi connectivity index (χ0v) is 27.8. The fourth-order valence-corrected chi connectivity index (χ4v) is 7.86. The predicted molar refractivity (Wildman–Crippen MR) is 175 cm³/mol. The first kappa shape index (κ1) is 36.5. The van der Waals surface area contributed by atoms with E-state index >= 15 is 0 Å². The molecule has 1 aromatic heterocycles. The molecule has 0 spiro atoms. The molecule has 0 aliphatic heterocycles. The maximum absolute atomic E-state index is 13.6. The molecular formula is C35H45F3N4O4S. The Labute approximate surface area is 275 Å². The molecule has 1 fully saturated rings. The average molecular weight is 675 g/mol. The molecule has 0 bridgehead atoms. The van der Waals surface area contributed by atoms with E-state index in [9.17, 15) is 31.5 Å². The summed E-state index contributed by atoms with van der Waals surface area (Å²) < 4.78 is 68.9. The second kappa shape index (κ2) is 16.2. The van der Waals surface area contributed by atoms with Gasteiger partial charge in [-0.2, -0.15) is 17.5 Å². The van der Waals surface area contributed by atoms with E-state index in [1.807, 2.05) is 44.2 Å². The van der Waals surface area contributed by atoms with Gasteiger partial charge in [-0.3, -0.25) is 9.78 Å². The van der Waals surface area contributed by atoms with Crippen molar-refractivity contribution in [3.8, 4) is 0 Å². The number of benzene rings is 2. The highest BCUT2D eigenvalue weighted by Gasteiger charge is 2.38.